The zero-order chi connectivity index (χ0) is 13.6. The van der Waals surface area contributed by atoms with E-state index in [1.54, 1.807) is 4.90 Å². The van der Waals surface area contributed by atoms with Crippen LogP contribution in [0.25, 0.3) is 0 Å². The highest BCUT2D eigenvalue weighted by Gasteiger charge is 2.60. The molecule has 2 fully saturated rings. The molecular formula is C13H21NO4. The van der Waals surface area contributed by atoms with E-state index in [0.29, 0.717) is 13.1 Å². The fraction of sp³-hybridized carbons (Fsp3) is 0.846. The number of rotatable bonds is 1. The van der Waals surface area contributed by atoms with Crippen molar-refractivity contribution in [2.75, 3.05) is 20.2 Å². The largest absolute Gasteiger partial charge is 0.469 e. The second-order valence-corrected chi connectivity index (χ2v) is 6.24. The van der Waals surface area contributed by atoms with Gasteiger partial charge in [-0.05, 0) is 39.5 Å². The SMILES string of the molecule is COC(=O)[C@@]12CC[C@@H]1CN(C(=O)OC(C)(C)C)C2. The Kier molecular flexibility index (Phi) is 3.03. The number of hydrogen-bond acceptors (Lipinski definition) is 4. The molecule has 0 aromatic rings. The van der Waals surface area contributed by atoms with Crippen molar-refractivity contribution in [3.8, 4) is 0 Å². The Bertz CT molecular complexity index is 374. The minimum absolute atomic E-state index is 0.190. The summed E-state index contributed by atoms with van der Waals surface area (Å²) in [6.07, 6.45) is 1.46. The molecule has 2 atom stereocenters. The summed E-state index contributed by atoms with van der Waals surface area (Å²) in [5, 5.41) is 0. The first kappa shape index (κ1) is 13.2. The molecule has 0 unspecified atom stereocenters. The number of ether oxygens (including phenoxy) is 2. The molecule has 1 heterocycles. The van der Waals surface area contributed by atoms with Crippen LogP contribution < -0.4 is 0 Å². The van der Waals surface area contributed by atoms with Gasteiger partial charge in [-0.25, -0.2) is 4.79 Å². The molecule has 0 aromatic carbocycles. The Morgan fingerprint density at radius 1 is 1.33 bits per heavy atom. The van der Waals surface area contributed by atoms with Crippen LogP contribution in [0, 0.1) is 11.3 Å². The Morgan fingerprint density at radius 3 is 2.44 bits per heavy atom. The molecule has 1 saturated carbocycles. The van der Waals surface area contributed by atoms with Crippen LogP contribution in [-0.4, -0.2) is 42.8 Å². The predicted molar refractivity (Wildman–Crippen MR) is 65.0 cm³/mol. The molecule has 1 saturated heterocycles. The van der Waals surface area contributed by atoms with E-state index in [2.05, 4.69) is 0 Å². The predicted octanol–water partition coefficient (Wildman–Crippen LogP) is 1.81. The number of carbonyl (C=O) groups is 2. The van der Waals surface area contributed by atoms with Crippen LogP contribution in [-0.2, 0) is 14.3 Å². The molecule has 0 spiro atoms. The van der Waals surface area contributed by atoms with Crippen molar-refractivity contribution in [3.05, 3.63) is 0 Å². The van der Waals surface area contributed by atoms with Crippen LogP contribution in [0.5, 0.6) is 0 Å². The average molecular weight is 255 g/mol. The van der Waals surface area contributed by atoms with Gasteiger partial charge < -0.3 is 14.4 Å². The highest BCUT2D eigenvalue weighted by molar-refractivity contribution is 5.81. The zero-order valence-electron chi connectivity index (χ0n) is 11.5. The number of hydrogen-bond donors (Lipinski definition) is 0. The van der Waals surface area contributed by atoms with Crippen molar-refractivity contribution in [1.29, 1.82) is 0 Å². The van der Waals surface area contributed by atoms with Gasteiger partial charge in [0.15, 0.2) is 0 Å². The number of likely N-dealkylation sites (tertiary alicyclic amines) is 1. The lowest BCUT2D eigenvalue weighted by Crippen LogP contribution is -2.47. The monoisotopic (exact) mass is 255 g/mol. The first-order valence-electron chi connectivity index (χ1n) is 6.35. The molecule has 0 aromatic heterocycles. The lowest BCUT2D eigenvalue weighted by molar-refractivity contribution is -0.160. The van der Waals surface area contributed by atoms with Crippen LogP contribution in [0.2, 0.25) is 0 Å². The summed E-state index contributed by atoms with van der Waals surface area (Å²) in [5.74, 6) is 0.0438. The molecule has 102 valence electrons. The van der Waals surface area contributed by atoms with Gasteiger partial charge in [0.1, 0.15) is 5.60 Å². The van der Waals surface area contributed by atoms with E-state index >= 15 is 0 Å². The van der Waals surface area contributed by atoms with E-state index in [9.17, 15) is 9.59 Å². The van der Waals surface area contributed by atoms with Gasteiger partial charge in [0, 0.05) is 13.1 Å². The lowest BCUT2D eigenvalue weighted by atomic mass is 9.62. The van der Waals surface area contributed by atoms with Crippen molar-refractivity contribution in [2.45, 2.75) is 39.2 Å². The summed E-state index contributed by atoms with van der Waals surface area (Å²) < 4.78 is 10.2. The number of amides is 1. The summed E-state index contributed by atoms with van der Waals surface area (Å²) >= 11 is 0. The average Bonchev–Trinajstić information content (AvgIpc) is 2.49. The van der Waals surface area contributed by atoms with Gasteiger partial charge in [-0.3, -0.25) is 4.79 Å². The van der Waals surface area contributed by atoms with Crippen molar-refractivity contribution in [2.24, 2.45) is 11.3 Å². The molecule has 1 aliphatic heterocycles. The van der Waals surface area contributed by atoms with Crippen LogP contribution in [0.3, 0.4) is 0 Å². The molecule has 0 N–H and O–H groups in total. The van der Waals surface area contributed by atoms with Gasteiger partial charge in [0.25, 0.3) is 0 Å². The van der Waals surface area contributed by atoms with E-state index in [1.165, 1.54) is 7.11 Å². The molecule has 5 nitrogen and oxygen atoms in total. The number of nitrogens with zero attached hydrogens (tertiary/aromatic N) is 1. The molecule has 1 aliphatic carbocycles. The quantitative estimate of drug-likeness (QED) is 0.670. The van der Waals surface area contributed by atoms with Crippen molar-refractivity contribution >= 4 is 12.1 Å². The van der Waals surface area contributed by atoms with Gasteiger partial charge in [-0.1, -0.05) is 0 Å². The first-order valence-corrected chi connectivity index (χ1v) is 6.35. The minimum atomic E-state index is -0.503. The van der Waals surface area contributed by atoms with Gasteiger partial charge in [-0.2, -0.15) is 0 Å². The van der Waals surface area contributed by atoms with Gasteiger partial charge in [-0.15, -0.1) is 0 Å². The first-order chi connectivity index (χ1) is 8.28. The highest BCUT2D eigenvalue weighted by Crippen LogP contribution is 2.52. The molecule has 18 heavy (non-hydrogen) atoms. The molecule has 1 amide bonds. The fourth-order valence-corrected chi connectivity index (χ4v) is 2.84. The lowest BCUT2D eigenvalue weighted by Gasteiger charge is -2.40. The Balaban J connectivity index is 2.03. The minimum Gasteiger partial charge on any atom is -0.469 e. The molecule has 0 bridgehead atoms. The molecular weight excluding hydrogens is 234 g/mol. The van der Waals surface area contributed by atoms with Crippen molar-refractivity contribution in [3.63, 3.8) is 0 Å². The second kappa shape index (κ2) is 4.14. The highest BCUT2D eigenvalue weighted by atomic mass is 16.6. The maximum absolute atomic E-state index is 12.0. The normalized spacial score (nSPS) is 30.4. The van der Waals surface area contributed by atoms with Gasteiger partial charge >= 0.3 is 12.1 Å². The second-order valence-electron chi connectivity index (χ2n) is 6.24. The third-order valence-electron chi connectivity index (χ3n) is 3.88. The van der Waals surface area contributed by atoms with E-state index < -0.39 is 11.0 Å². The van der Waals surface area contributed by atoms with E-state index in [4.69, 9.17) is 9.47 Å². The molecule has 0 radical (unpaired) electrons. The van der Waals surface area contributed by atoms with Crippen LogP contribution in [0.1, 0.15) is 33.6 Å². The summed E-state index contributed by atoms with van der Waals surface area (Å²) in [6.45, 7) is 6.55. The van der Waals surface area contributed by atoms with Crippen LogP contribution in [0.15, 0.2) is 0 Å². The van der Waals surface area contributed by atoms with Crippen LogP contribution >= 0.6 is 0 Å². The van der Waals surface area contributed by atoms with E-state index in [0.717, 1.165) is 12.8 Å². The standard InChI is InChI=1S/C13H21NO4/c1-12(2,3)18-11(16)14-7-9-5-6-13(9,8-14)10(15)17-4/h9H,5-8H2,1-4H3/t9-,13-/m1/s1. The van der Waals surface area contributed by atoms with Crippen molar-refractivity contribution < 1.29 is 19.1 Å². The maximum atomic E-state index is 12.0. The number of methoxy groups -OCH3 is 1. The van der Waals surface area contributed by atoms with E-state index in [-0.39, 0.29) is 18.0 Å². The summed E-state index contributed by atoms with van der Waals surface area (Å²) in [4.78, 5) is 25.5. The summed E-state index contributed by atoms with van der Waals surface area (Å²) in [5.41, 5.74) is -0.969. The molecule has 2 aliphatic rings. The van der Waals surface area contributed by atoms with Gasteiger partial charge in [0.05, 0.1) is 12.5 Å². The number of esters is 1. The fourth-order valence-electron chi connectivity index (χ4n) is 2.84. The van der Waals surface area contributed by atoms with E-state index in [1.807, 2.05) is 20.8 Å². The third-order valence-corrected chi connectivity index (χ3v) is 3.88. The molecule has 5 heteroatoms. The zero-order valence-corrected chi connectivity index (χ0v) is 11.5. The van der Waals surface area contributed by atoms with Crippen molar-refractivity contribution in [1.82, 2.24) is 4.90 Å². The van der Waals surface area contributed by atoms with Gasteiger partial charge in [0.2, 0.25) is 0 Å². The maximum Gasteiger partial charge on any atom is 0.410 e. The Morgan fingerprint density at radius 2 is 2.00 bits per heavy atom. The Hall–Kier alpha value is -1.26. The Labute approximate surface area is 107 Å². The number of carbonyl (C=O) groups excluding carboxylic acids is 2. The topological polar surface area (TPSA) is 55.8 Å². The van der Waals surface area contributed by atoms with Crippen LogP contribution in [0.4, 0.5) is 4.79 Å². The molecule has 2 rings (SSSR count). The summed E-state index contributed by atoms with van der Waals surface area (Å²) in [7, 11) is 1.41. The third kappa shape index (κ3) is 2.06. The number of fused-ring (bicyclic) bond motifs is 1. The summed E-state index contributed by atoms with van der Waals surface area (Å²) in [6, 6.07) is 0. The smallest absolute Gasteiger partial charge is 0.410 e.